The lowest BCUT2D eigenvalue weighted by Crippen LogP contribution is -2.30. The first-order chi connectivity index (χ1) is 49.7. The molecule has 0 aromatic heterocycles. The quantitative estimate of drug-likeness (QED) is 0.0169. The van der Waals surface area contributed by atoms with Gasteiger partial charge in [0, 0.05) is 25.7 Å². The van der Waals surface area contributed by atoms with E-state index in [-0.39, 0.29) is 25.7 Å². The topological polar surface area (TPSA) is 237 Å². The summed E-state index contributed by atoms with van der Waals surface area (Å²) >= 11 is 0. The summed E-state index contributed by atoms with van der Waals surface area (Å²) in [7, 11) is -9.97. The summed E-state index contributed by atoms with van der Waals surface area (Å²) in [5, 5.41) is 10.6. The smallest absolute Gasteiger partial charge is 0.462 e. The van der Waals surface area contributed by atoms with Crippen molar-refractivity contribution in [3.63, 3.8) is 0 Å². The number of carbonyl (C=O) groups is 4. The maximum absolute atomic E-state index is 13.1. The van der Waals surface area contributed by atoms with Crippen LogP contribution in [-0.2, 0) is 65.4 Å². The molecule has 0 fully saturated rings. The molecule has 17 nitrogen and oxygen atoms in total. The molecule has 0 radical (unpaired) electrons. The number of hydrogen-bond donors (Lipinski definition) is 3. The molecular weight excluding hydrogens is 1330 g/mol. The third-order valence-electron chi connectivity index (χ3n) is 17.0. The van der Waals surface area contributed by atoms with Crippen molar-refractivity contribution in [2.45, 2.75) is 367 Å². The fourth-order valence-corrected chi connectivity index (χ4v) is 12.5. The van der Waals surface area contributed by atoms with Gasteiger partial charge in [-0.05, 0) is 122 Å². The SMILES string of the molecule is CC/C=C\C/C=C\C/C=C\C/C=C\CCCCC(=O)OCC(COP(=O)(O)OCC(O)COP(=O)(O)OCC(COC(=O)CCCCCCCCC/C=C\C/C=C\C/C=C\CC)OC(=O)CCCCCCCCCCCCCCCCC)OC(=O)CCCCCCC/C=C\CCCCCCCC. The number of phosphoric ester groups is 2. The maximum atomic E-state index is 13.1. The maximum Gasteiger partial charge on any atom is 0.472 e. The second-order valence-electron chi connectivity index (χ2n) is 27.0. The van der Waals surface area contributed by atoms with E-state index in [1.54, 1.807) is 0 Å². The normalized spacial score (nSPS) is 14.4. The third kappa shape index (κ3) is 74.3. The molecular formula is C83H146O17P2. The van der Waals surface area contributed by atoms with E-state index in [0.717, 1.165) is 167 Å². The molecule has 0 saturated heterocycles. The van der Waals surface area contributed by atoms with Crippen LogP contribution in [0.4, 0.5) is 0 Å². The van der Waals surface area contributed by atoms with E-state index in [9.17, 15) is 43.2 Å². The summed E-state index contributed by atoms with van der Waals surface area (Å²) in [6.45, 7) is 4.63. The van der Waals surface area contributed by atoms with Crippen LogP contribution in [0.2, 0.25) is 0 Å². The van der Waals surface area contributed by atoms with Gasteiger partial charge in [-0.3, -0.25) is 37.3 Å². The highest BCUT2D eigenvalue weighted by Crippen LogP contribution is 2.45. The molecule has 102 heavy (non-hydrogen) atoms. The Balaban J connectivity index is 5.38. The van der Waals surface area contributed by atoms with Crippen LogP contribution in [0.1, 0.15) is 349 Å². The third-order valence-corrected chi connectivity index (χ3v) is 18.9. The Morgan fingerprint density at radius 2 is 0.510 bits per heavy atom. The van der Waals surface area contributed by atoms with E-state index in [2.05, 4.69) is 125 Å². The second kappa shape index (κ2) is 75.2. The van der Waals surface area contributed by atoms with E-state index in [1.807, 2.05) is 0 Å². The van der Waals surface area contributed by atoms with E-state index in [0.29, 0.717) is 25.7 Å². The lowest BCUT2D eigenvalue weighted by atomic mass is 10.0. The zero-order valence-corrected chi connectivity index (χ0v) is 66.3. The Labute approximate surface area is 620 Å². The number of rotatable bonds is 76. The summed E-state index contributed by atoms with van der Waals surface area (Å²) in [5.74, 6) is -2.22. The van der Waals surface area contributed by atoms with Gasteiger partial charge in [-0.25, -0.2) is 9.13 Å². The van der Waals surface area contributed by atoms with Crippen LogP contribution in [0.3, 0.4) is 0 Å². The predicted octanol–water partition coefficient (Wildman–Crippen LogP) is 23.6. The van der Waals surface area contributed by atoms with Crippen LogP contribution in [-0.4, -0.2) is 96.7 Å². The van der Waals surface area contributed by atoms with Gasteiger partial charge in [0.15, 0.2) is 12.2 Å². The molecule has 590 valence electrons. The molecule has 19 heteroatoms. The molecule has 0 heterocycles. The molecule has 0 aliphatic rings. The highest BCUT2D eigenvalue weighted by atomic mass is 31.2. The molecule has 0 aromatic rings. The highest BCUT2D eigenvalue weighted by Gasteiger charge is 2.30. The summed E-state index contributed by atoms with van der Waals surface area (Å²) in [5.41, 5.74) is 0. The van der Waals surface area contributed by atoms with E-state index in [1.165, 1.54) is 103 Å². The minimum Gasteiger partial charge on any atom is -0.462 e. The van der Waals surface area contributed by atoms with Crippen LogP contribution < -0.4 is 0 Å². The Kier molecular flexibility index (Phi) is 72.3. The Morgan fingerprint density at radius 1 is 0.284 bits per heavy atom. The van der Waals surface area contributed by atoms with Gasteiger partial charge in [0.25, 0.3) is 0 Å². The highest BCUT2D eigenvalue weighted by molar-refractivity contribution is 7.47. The summed E-state index contributed by atoms with van der Waals surface area (Å²) in [6, 6.07) is 0. The first-order valence-electron chi connectivity index (χ1n) is 40.5. The first kappa shape index (κ1) is 98.0. The van der Waals surface area contributed by atoms with Crippen LogP contribution in [0, 0.1) is 0 Å². The molecule has 0 saturated carbocycles. The molecule has 5 atom stereocenters. The van der Waals surface area contributed by atoms with Crippen LogP contribution >= 0.6 is 15.6 Å². The van der Waals surface area contributed by atoms with Crippen molar-refractivity contribution in [3.05, 3.63) is 97.2 Å². The van der Waals surface area contributed by atoms with E-state index in [4.69, 9.17) is 37.0 Å². The number of aliphatic hydroxyl groups is 1. The van der Waals surface area contributed by atoms with Crippen molar-refractivity contribution in [2.75, 3.05) is 39.6 Å². The zero-order valence-electron chi connectivity index (χ0n) is 64.5. The van der Waals surface area contributed by atoms with Crippen molar-refractivity contribution in [1.29, 1.82) is 0 Å². The summed E-state index contributed by atoms with van der Waals surface area (Å²) < 4.78 is 68.6. The van der Waals surface area contributed by atoms with Crippen molar-refractivity contribution in [2.24, 2.45) is 0 Å². The van der Waals surface area contributed by atoms with Crippen LogP contribution in [0.15, 0.2) is 97.2 Å². The van der Waals surface area contributed by atoms with Crippen molar-refractivity contribution in [3.8, 4) is 0 Å². The Morgan fingerprint density at radius 3 is 0.814 bits per heavy atom. The Bertz CT molecular complexity index is 2310. The number of carbonyl (C=O) groups excluding carboxylic acids is 4. The number of aliphatic hydroxyl groups excluding tert-OH is 1. The number of allylic oxidation sites excluding steroid dienone is 16. The van der Waals surface area contributed by atoms with Gasteiger partial charge in [-0.15, -0.1) is 0 Å². The molecule has 0 rings (SSSR count). The minimum absolute atomic E-state index is 0.0768. The average Bonchev–Trinajstić information content (AvgIpc) is 0.926. The van der Waals surface area contributed by atoms with Crippen molar-refractivity contribution in [1.82, 2.24) is 0 Å². The van der Waals surface area contributed by atoms with Gasteiger partial charge in [0.2, 0.25) is 0 Å². The number of esters is 4. The van der Waals surface area contributed by atoms with Crippen LogP contribution in [0.25, 0.3) is 0 Å². The second-order valence-corrected chi connectivity index (χ2v) is 29.9. The van der Waals surface area contributed by atoms with Crippen molar-refractivity contribution < 1.29 is 80.2 Å². The molecule has 0 aliphatic heterocycles. The predicted molar refractivity (Wildman–Crippen MR) is 418 cm³/mol. The number of ether oxygens (including phenoxy) is 4. The number of unbranched alkanes of at least 4 members (excludes halogenated alkanes) is 34. The van der Waals surface area contributed by atoms with Gasteiger partial charge in [0.05, 0.1) is 26.4 Å². The lowest BCUT2D eigenvalue weighted by Gasteiger charge is -2.21. The first-order valence-corrected chi connectivity index (χ1v) is 43.5. The van der Waals surface area contributed by atoms with Gasteiger partial charge in [-0.2, -0.15) is 0 Å². The standard InChI is InChI=1S/C83H146O17P2/c1-5-9-13-17-21-25-29-33-37-38-42-44-48-52-56-60-64-68-81(86)94-74-79(100-83(88)70-66-62-58-54-50-46-41-36-32-28-24-20-16-12-8-4)76-98-102(91,92)96-72-77(84)71-95-101(89,90)97-75-78(99-82(87)69-65-61-57-53-49-45-40-35-31-27-23-19-15-11-7-3)73-93-80(85)67-63-59-55-51-47-43-39-34-30-26-22-18-14-10-6-2/h9-10,13-14,21-22,25-26,33-35,37,39-40,47,51,77-79,84H,5-8,11-12,15-20,23-24,27-32,36,38,41-46,48-50,52-76H2,1-4H3,(H,89,90)(H,91,92)/b13-9-,14-10-,25-21-,26-22-,37-33-,39-34-,40-35-,51-47-. The van der Waals surface area contributed by atoms with Gasteiger partial charge in [0.1, 0.15) is 19.3 Å². The fourth-order valence-electron chi connectivity index (χ4n) is 10.9. The number of phosphoric acid groups is 2. The molecule has 0 spiro atoms. The van der Waals surface area contributed by atoms with Gasteiger partial charge in [-0.1, -0.05) is 298 Å². The molecule has 5 unspecified atom stereocenters. The largest absolute Gasteiger partial charge is 0.472 e. The van der Waals surface area contributed by atoms with Crippen molar-refractivity contribution >= 4 is 39.5 Å². The summed E-state index contributed by atoms with van der Waals surface area (Å²) in [6.07, 6.45) is 79.5. The van der Waals surface area contributed by atoms with Gasteiger partial charge >= 0.3 is 39.5 Å². The summed E-state index contributed by atoms with van der Waals surface area (Å²) in [4.78, 5) is 73.0. The average molecular weight is 1480 g/mol. The fraction of sp³-hybridized carbons (Fsp3) is 0.759. The van der Waals surface area contributed by atoms with Gasteiger partial charge < -0.3 is 33.8 Å². The zero-order chi connectivity index (χ0) is 74.6. The molecule has 3 N–H and O–H groups in total. The Hall–Kier alpha value is -4.02. The monoisotopic (exact) mass is 1480 g/mol. The lowest BCUT2D eigenvalue weighted by molar-refractivity contribution is -0.161. The molecule has 0 aliphatic carbocycles. The molecule has 0 aromatic carbocycles. The van der Waals surface area contributed by atoms with Crippen LogP contribution in [0.5, 0.6) is 0 Å². The van der Waals surface area contributed by atoms with E-state index >= 15 is 0 Å². The minimum atomic E-state index is -4.99. The molecule has 0 bridgehead atoms. The molecule has 0 amide bonds. The number of hydrogen-bond acceptors (Lipinski definition) is 15. The van der Waals surface area contributed by atoms with E-state index < -0.39 is 97.5 Å².